The minimum Gasteiger partial charge on any atom is -0.120 e. The van der Waals surface area contributed by atoms with Crippen LogP contribution in [-0.4, -0.2) is 10.3 Å². The molecule has 0 bridgehead atoms. The summed E-state index contributed by atoms with van der Waals surface area (Å²) in [7, 11) is 0. The minimum absolute atomic E-state index is 0.254. The molecule has 0 spiro atoms. The molecule has 4 unspecified atom stereocenters. The lowest BCUT2D eigenvalue weighted by Gasteiger charge is -2.52. The summed E-state index contributed by atoms with van der Waals surface area (Å²) in [5.41, 5.74) is 4.60. The summed E-state index contributed by atoms with van der Waals surface area (Å²) in [6, 6.07) is 17.2. The van der Waals surface area contributed by atoms with E-state index in [-0.39, 0.29) is 16.2 Å². The SMILES string of the molecule is CC1(C(Cl)C(C)(Cl)C2(C)CC=Cc3ccccc32)C=CCc2ccccc21. The zero-order valence-electron chi connectivity index (χ0n) is 16.2. The van der Waals surface area contributed by atoms with E-state index in [0.717, 1.165) is 12.8 Å². The Morgan fingerprint density at radius 1 is 0.963 bits per heavy atom. The van der Waals surface area contributed by atoms with Crippen molar-refractivity contribution in [2.24, 2.45) is 0 Å². The van der Waals surface area contributed by atoms with Gasteiger partial charge in [-0.3, -0.25) is 0 Å². The second-order valence-electron chi connectivity index (χ2n) is 8.51. The third-order valence-corrected chi connectivity index (χ3v) is 8.50. The van der Waals surface area contributed by atoms with Gasteiger partial charge in [0.05, 0.1) is 10.3 Å². The molecule has 0 radical (unpaired) electrons. The zero-order valence-corrected chi connectivity index (χ0v) is 17.7. The summed E-state index contributed by atoms with van der Waals surface area (Å²) < 4.78 is 0. The lowest BCUT2D eigenvalue weighted by atomic mass is 9.60. The van der Waals surface area contributed by atoms with Crippen molar-refractivity contribution >= 4 is 29.3 Å². The van der Waals surface area contributed by atoms with Gasteiger partial charge < -0.3 is 0 Å². The van der Waals surface area contributed by atoms with Crippen LogP contribution in [0.2, 0.25) is 0 Å². The van der Waals surface area contributed by atoms with E-state index in [2.05, 4.69) is 93.6 Å². The predicted molar refractivity (Wildman–Crippen MR) is 118 cm³/mol. The maximum atomic E-state index is 7.42. The van der Waals surface area contributed by atoms with Crippen LogP contribution >= 0.6 is 23.2 Å². The molecule has 0 amide bonds. The van der Waals surface area contributed by atoms with Gasteiger partial charge in [-0.05, 0) is 42.0 Å². The largest absolute Gasteiger partial charge is 0.120 e. The second kappa shape index (κ2) is 6.54. The van der Waals surface area contributed by atoms with Crippen LogP contribution in [0.3, 0.4) is 0 Å². The summed E-state index contributed by atoms with van der Waals surface area (Å²) in [4.78, 5) is -0.640. The first kappa shape index (κ1) is 18.8. The zero-order chi connectivity index (χ0) is 19.3. The van der Waals surface area contributed by atoms with Crippen molar-refractivity contribution in [1.29, 1.82) is 0 Å². The third-order valence-electron chi connectivity index (χ3n) is 6.86. The van der Waals surface area contributed by atoms with Gasteiger partial charge >= 0.3 is 0 Å². The number of alkyl halides is 2. The highest BCUT2D eigenvalue weighted by atomic mass is 35.5. The second-order valence-corrected chi connectivity index (χ2v) is 9.73. The molecule has 2 aromatic carbocycles. The van der Waals surface area contributed by atoms with E-state index in [1.54, 1.807) is 0 Å². The number of halogens is 2. The van der Waals surface area contributed by atoms with E-state index in [1.165, 1.54) is 22.3 Å². The maximum absolute atomic E-state index is 7.42. The highest BCUT2D eigenvalue weighted by Crippen LogP contribution is 2.55. The molecule has 0 saturated carbocycles. The Bertz CT molecular complexity index is 923. The fourth-order valence-corrected chi connectivity index (χ4v) is 5.78. The van der Waals surface area contributed by atoms with Crippen molar-refractivity contribution in [2.45, 2.75) is 54.7 Å². The number of benzene rings is 2. The van der Waals surface area contributed by atoms with Crippen LogP contribution in [-0.2, 0) is 17.3 Å². The van der Waals surface area contributed by atoms with Gasteiger partial charge in [0.15, 0.2) is 0 Å². The van der Waals surface area contributed by atoms with Crippen molar-refractivity contribution in [1.82, 2.24) is 0 Å². The van der Waals surface area contributed by atoms with E-state index in [1.807, 2.05) is 0 Å². The van der Waals surface area contributed by atoms with Gasteiger partial charge in [-0.1, -0.05) is 86.7 Å². The molecule has 0 saturated heterocycles. The fourth-order valence-electron chi connectivity index (χ4n) is 4.95. The molecule has 4 rings (SSSR count). The Labute approximate surface area is 172 Å². The van der Waals surface area contributed by atoms with E-state index in [9.17, 15) is 0 Å². The van der Waals surface area contributed by atoms with Crippen molar-refractivity contribution in [3.63, 3.8) is 0 Å². The normalized spacial score (nSPS) is 29.5. The number of hydrogen-bond donors (Lipinski definition) is 0. The van der Waals surface area contributed by atoms with E-state index in [0.29, 0.717) is 0 Å². The first-order valence-electron chi connectivity index (χ1n) is 9.66. The fraction of sp³-hybridized carbons (Fsp3) is 0.360. The average molecular weight is 397 g/mol. The highest BCUT2D eigenvalue weighted by molar-refractivity contribution is 6.34. The molecule has 2 aromatic rings. The first-order chi connectivity index (χ1) is 12.8. The van der Waals surface area contributed by atoms with Gasteiger partial charge in [0.2, 0.25) is 0 Å². The summed E-state index contributed by atoms with van der Waals surface area (Å²) >= 11 is 14.7. The summed E-state index contributed by atoms with van der Waals surface area (Å²) in [5, 5.41) is -0.270. The Morgan fingerprint density at radius 3 is 2.41 bits per heavy atom. The van der Waals surface area contributed by atoms with Crippen LogP contribution in [0.15, 0.2) is 66.8 Å². The van der Waals surface area contributed by atoms with Gasteiger partial charge in [0, 0.05) is 10.8 Å². The van der Waals surface area contributed by atoms with Crippen molar-refractivity contribution < 1.29 is 0 Å². The van der Waals surface area contributed by atoms with Crippen LogP contribution < -0.4 is 0 Å². The molecule has 0 N–H and O–H groups in total. The molecule has 0 fully saturated rings. The maximum Gasteiger partial charge on any atom is 0.0690 e. The van der Waals surface area contributed by atoms with Crippen LogP contribution in [0, 0.1) is 0 Å². The Hall–Kier alpha value is -1.50. The lowest BCUT2D eigenvalue weighted by molar-refractivity contribution is 0.293. The standard InChI is InChI=1S/C25H26Cl2/c1-23(16-8-12-18-10-4-6-14-20(18)23)22(26)25(3,27)24(2)17-9-13-19-11-5-7-15-21(19)24/h4-11,13-16,22H,12,17H2,1-3H3. The summed E-state index contributed by atoms with van der Waals surface area (Å²) in [6.07, 6.45) is 10.8. The minimum atomic E-state index is -0.640. The van der Waals surface area contributed by atoms with Gasteiger partial charge in [0.25, 0.3) is 0 Å². The first-order valence-corrected chi connectivity index (χ1v) is 10.5. The van der Waals surface area contributed by atoms with Gasteiger partial charge in [-0.15, -0.1) is 23.2 Å². The van der Waals surface area contributed by atoms with E-state index in [4.69, 9.17) is 23.2 Å². The van der Waals surface area contributed by atoms with Gasteiger partial charge in [0.1, 0.15) is 0 Å². The van der Waals surface area contributed by atoms with Crippen molar-refractivity contribution in [2.75, 3.05) is 0 Å². The summed E-state index contributed by atoms with van der Waals surface area (Å²) in [5.74, 6) is 0. The van der Waals surface area contributed by atoms with Crippen molar-refractivity contribution in [3.8, 4) is 0 Å². The molecule has 0 nitrogen and oxygen atoms in total. The Balaban J connectivity index is 1.82. The van der Waals surface area contributed by atoms with Gasteiger partial charge in [-0.2, -0.15) is 0 Å². The molecule has 2 aliphatic carbocycles. The lowest BCUT2D eigenvalue weighted by Crippen LogP contribution is -2.56. The van der Waals surface area contributed by atoms with Gasteiger partial charge in [-0.25, -0.2) is 0 Å². The molecular formula is C25H26Cl2. The number of hydrogen-bond acceptors (Lipinski definition) is 0. The van der Waals surface area contributed by atoms with Crippen LogP contribution in [0.1, 0.15) is 49.4 Å². The Morgan fingerprint density at radius 2 is 1.63 bits per heavy atom. The number of rotatable bonds is 3. The molecule has 0 aliphatic heterocycles. The molecular weight excluding hydrogens is 371 g/mol. The average Bonchev–Trinajstić information content (AvgIpc) is 2.68. The number of fused-ring (bicyclic) bond motifs is 2. The van der Waals surface area contributed by atoms with Crippen LogP contribution in [0.25, 0.3) is 6.08 Å². The van der Waals surface area contributed by atoms with Crippen molar-refractivity contribution in [3.05, 3.63) is 89.0 Å². The summed E-state index contributed by atoms with van der Waals surface area (Å²) in [6.45, 7) is 6.62. The highest BCUT2D eigenvalue weighted by Gasteiger charge is 2.55. The molecule has 2 heteroatoms. The molecule has 0 aromatic heterocycles. The monoisotopic (exact) mass is 396 g/mol. The Kier molecular flexibility index (Phi) is 4.56. The quantitative estimate of drug-likeness (QED) is 0.385. The number of allylic oxidation sites excluding steroid dienone is 3. The molecule has 0 heterocycles. The third kappa shape index (κ3) is 2.72. The topological polar surface area (TPSA) is 0 Å². The predicted octanol–water partition coefficient (Wildman–Crippen LogP) is 7.04. The molecule has 140 valence electrons. The smallest absolute Gasteiger partial charge is 0.0690 e. The van der Waals surface area contributed by atoms with E-state index < -0.39 is 4.87 Å². The van der Waals surface area contributed by atoms with E-state index >= 15 is 0 Å². The molecule has 2 aliphatic rings. The molecule has 27 heavy (non-hydrogen) atoms. The molecule has 4 atom stereocenters. The van der Waals surface area contributed by atoms with Crippen LogP contribution in [0.5, 0.6) is 0 Å². The van der Waals surface area contributed by atoms with Crippen LogP contribution in [0.4, 0.5) is 0 Å².